The van der Waals surface area contributed by atoms with Crippen molar-refractivity contribution in [3.63, 3.8) is 0 Å². The number of imidazole rings is 1. The van der Waals surface area contributed by atoms with Gasteiger partial charge in [-0.1, -0.05) is 33.3 Å². The van der Waals surface area contributed by atoms with Crippen molar-refractivity contribution < 1.29 is 9.53 Å². The Morgan fingerprint density at radius 2 is 1.92 bits per heavy atom. The molecule has 1 aliphatic rings. The van der Waals surface area contributed by atoms with E-state index >= 15 is 0 Å². The van der Waals surface area contributed by atoms with Crippen LogP contribution in [0.4, 0.5) is 11.6 Å². The third-order valence-electron chi connectivity index (χ3n) is 6.69. The number of nitrogens with zero attached hydrogens (tertiary/aromatic N) is 7. The first kappa shape index (κ1) is 27.6. The van der Waals surface area contributed by atoms with E-state index in [2.05, 4.69) is 59.0 Å². The quantitative estimate of drug-likeness (QED) is 0.390. The van der Waals surface area contributed by atoms with Crippen molar-refractivity contribution in [3.05, 3.63) is 35.3 Å². The molecule has 3 N–H and O–H groups in total. The fourth-order valence-electron chi connectivity index (χ4n) is 4.75. The molecule has 3 aromatic heterocycles. The van der Waals surface area contributed by atoms with Gasteiger partial charge in [-0.05, 0) is 43.9 Å². The molecule has 1 atom stereocenters. The zero-order valence-corrected chi connectivity index (χ0v) is 23.3. The summed E-state index contributed by atoms with van der Waals surface area (Å²) < 4.78 is 7.59. The molecule has 1 aliphatic heterocycles. The van der Waals surface area contributed by atoms with Gasteiger partial charge in [0.25, 0.3) is 0 Å². The first-order valence-electron chi connectivity index (χ1n) is 13.6. The number of amides is 1. The summed E-state index contributed by atoms with van der Waals surface area (Å²) in [6.07, 6.45) is 6.21. The maximum Gasteiger partial charge on any atom is 0.336 e. The highest BCUT2D eigenvalue weighted by atomic mass is 16.5. The molecule has 38 heavy (non-hydrogen) atoms. The van der Waals surface area contributed by atoms with E-state index in [1.807, 2.05) is 18.0 Å². The van der Waals surface area contributed by atoms with E-state index < -0.39 is 0 Å². The van der Waals surface area contributed by atoms with Crippen molar-refractivity contribution >= 4 is 23.2 Å². The van der Waals surface area contributed by atoms with Crippen molar-refractivity contribution in [3.8, 4) is 6.01 Å². The van der Waals surface area contributed by atoms with Crippen molar-refractivity contribution in [2.75, 3.05) is 49.9 Å². The van der Waals surface area contributed by atoms with Crippen LogP contribution in [0.25, 0.3) is 5.65 Å². The summed E-state index contributed by atoms with van der Waals surface area (Å²) in [6.45, 7) is 14.7. The third-order valence-corrected chi connectivity index (χ3v) is 6.69. The molecule has 0 saturated carbocycles. The van der Waals surface area contributed by atoms with Crippen LogP contribution in [0.15, 0.2) is 18.5 Å². The van der Waals surface area contributed by atoms with Crippen LogP contribution in [0, 0.1) is 12.8 Å². The normalized spacial score (nSPS) is 14.9. The van der Waals surface area contributed by atoms with E-state index in [1.54, 1.807) is 10.7 Å². The number of pyridine rings is 1. The van der Waals surface area contributed by atoms with Crippen molar-refractivity contribution in [1.82, 2.24) is 34.8 Å². The minimum absolute atomic E-state index is 0.00439. The molecule has 0 radical (unpaired) electrons. The fourth-order valence-corrected chi connectivity index (χ4v) is 4.75. The molecule has 1 saturated heterocycles. The Morgan fingerprint density at radius 1 is 1.16 bits per heavy atom. The molecule has 1 amide bonds. The lowest BCUT2D eigenvalue weighted by Gasteiger charge is -2.36. The molecule has 4 rings (SSSR count). The van der Waals surface area contributed by atoms with Crippen LogP contribution >= 0.6 is 0 Å². The highest BCUT2D eigenvalue weighted by molar-refractivity contribution is 5.78. The summed E-state index contributed by atoms with van der Waals surface area (Å²) >= 11 is 0. The van der Waals surface area contributed by atoms with Gasteiger partial charge in [-0.15, -0.1) is 5.10 Å². The number of hydrogen-bond acceptors (Lipinski definition) is 9. The van der Waals surface area contributed by atoms with E-state index in [-0.39, 0.29) is 18.0 Å². The van der Waals surface area contributed by atoms with Crippen LogP contribution in [-0.4, -0.2) is 80.7 Å². The Labute approximate surface area is 224 Å². The van der Waals surface area contributed by atoms with E-state index in [1.165, 1.54) is 0 Å². The minimum Gasteiger partial charge on any atom is -0.459 e. The number of piperazine rings is 1. The number of nitrogen functional groups attached to an aromatic ring is 1. The lowest BCUT2D eigenvalue weighted by molar-refractivity contribution is -0.130. The van der Waals surface area contributed by atoms with Crippen molar-refractivity contribution in [2.24, 2.45) is 5.92 Å². The van der Waals surface area contributed by atoms with Gasteiger partial charge in [0.15, 0.2) is 11.5 Å². The van der Waals surface area contributed by atoms with Gasteiger partial charge in [0, 0.05) is 38.8 Å². The average Bonchev–Trinajstić information content (AvgIpc) is 3.27. The molecule has 0 unspecified atom stereocenters. The zero-order valence-electron chi connectivity index (χ0n) is 23.3. The number of anilines is 2. The Morgan fingerprint density at radius 3 is 2.61 bits per heavy atom. The van der Waals surface area contributed by atoms with Crippen LogP contribution in [0.2, 0.25) is 0 Å². The maximum atomic E-state index is 12.5. The van der Waals surface area contributed by atoms with Crippen LogP contribution < -0.4 is 20.7 Å². The fraction of sp³-hybridized carbons (Fsp3) is 0.593. The number of fused-ring (bicyclic) bond motifs is 1. The van der Waals surface area contributed by atoms with Gasteiger partial charge in [0.2, 0.25) is 5.91 Å². The number of ether oxygens (including phenoxy) is 1. The molecular formula is C27H41N9O2. The van der Waals surface area contributed by atoms with Crippen molar-refractivity contribution in [2.45, 2.75) is 60.0 Å². The van der Waals surface area contributed by atoms with Gasteiger partial charge in [-0.25, -0.2) is 14.5 Å². The highest BCUT2D eigenvalue weighted by Gasteiger charge is 2.23. The van der Waals surface area contributed by atoms with Crippen LogP contribution in [0.5, 0.6) is 6.01 Å². The molecule has 11 heteroatoms. The summed E-state index contributed by atoms with van der Waals surface area (Å²) in [5, 5.41) is 7.79. The first-order chi connectivity index (χ1) is 18.2. The lowest BCUT2D eigenvalue weighted by atomic mass is 10.1. The Kier molecular flexibility index (Phi) is 8.98. The van der Waals surface area contributed by atoms with Gasteiger partial charge in [-0.2, -0.15) is 4.98 Å². The molecule has 4 heterocycles. The molecule has 0 aromatic carbocycles. The molecule has 0 spiro atoms. The van der Waals surface area contributed by atoms with Gasteiger partial charge >= 0.3 is 6.01 Å². The largest absolute Gasteiger partial charge is 0.459 e. The van der Waals surface area contributed by atoms with Crippen molar-refractivity contribution in [1.29, 1.82) is 0 Å². The second kappa shape index (κ2) is 12.4. The molecule has 1 fully saturated rings. The summed E-state index contributed by atoms with van der Waals surface area (Å²) in [5.41, 5.74) is 9.70. The van der Waals surface area contributed by atoms with Gasteiger partial charge in [0.05, 0.1) is 24.5 Å². The number of rotatable bonds is 11. The topological polar surface area (TPSA) is 127 Å². The van der Waals surface area contributed by atoms with Crippen LogP contribution in [-0.2, 0) is 11.2 Å². The highest BCUT2D eigenvalue weighted by Crippen LogP contribution is 2.22. The van der Waals surface area contributed by atoms with E-state index in [9.17, 15) is 4.79 Å². The van der Waals surface area contributed by atoms with E-state index in [0.29, 0.717) is 43.4 Å². The number of carbonyl (C=O) groups excluding carboxylic acids is 1. The average molecular weight is 524 g/mol. The predicted octanol–water partition coefficient (Wildman–Crippen LogP) is 2.46. The van der Waals surface area contributed by atoms with Crippen LogP contribution in [0.3, 0.4) is 0 Å². The standard InChI is InChI=1S/C27H41N9O2/c1-6-7-20(5)38-27-32-24(28)26-31-16-22(36(26)33-27)13-21-12-19(4)25(30-15-21)35-10-8-34(9-11-35)23(37)17-29-14-18(2)3/h12,15-16,18,20,29H,6-11,13-14,17H2,1-5H3,(H2,28,32,33)/t20-/m0/s1. The minimum atomic E-state index is 0.00439. The van der Waals surface area contributed by atoms with E-state index in [4.69, 9.17) is 15.5 Å². The zero-order chi connectivity index (χ0) is 27.2. The Hall–Kier alpha value is -3.47. The molecular weight excluding hydrogens is 482 g/mol. The number of aromatic nitrogens is 5. The summed E-state index contributed by atoms with van der Waals surface area (Å²) in [4.78, 5) is 30.2. The Bertz CT molecular complexity index is 1230. The summed E-state index contributed by atoms with van der Waals surface area (Å²) in [6, 6.07) is 2.41. The lowest BCUT2D eigenvalue weighted by Crippen LogP contribution is -2.51. The molecule has 0 aliphatic carbocycles. The third kappa shape index (κ3) is 6.69. The van der Waals surface area contributed by atoms with Gasteiger partial charge < -0.3 is 25.6 Å². The van der Waals surface area contributed by atoms with E-state index in [0.717, 1.165) is 55.1 Å². The number of nitrogens with one attached hydrogen (secondary N) is 1. The smallest absolute Gasteiger partial charge is 0.336 e. The number of nitrogens with two attached hydrogens (primary N) is 1. The molecule has 11 nitrogen and oxygen atoms in total. The molecule has 0 bridgehead atoms. The number of carbonyl (C=O) groups is 1. The monoisotopic (exact) mass is 523 g/mol. The van der Waals surface area contributed by atoms with Crippen LogP contribution in [0.1, 0.15) is 57.4 Å². The second-order valence-electron chi connectivity index (χ2n) is 10.5. The predicted molar refractivity (Wildman–Crippen MR) is 148 cm³/mol. The summed E-state index contributed by atoms with van der Waals surface area (Å²) in [7, 11) is 0. The Balaban J connectivity index is 1.40. The first-order valence-corrected chi connectivity index (χ1v) is 13.6. The molecule has 206 valence electrons. The van der Waals surface area contributed by atoms with Gasteiger partial charge in [-0.3, -0.25) is 4.79 Å². The number of hydrogen-bond donors (Lipinski definition) is 2. The molecule has 3 aromatic rings. The number of aryl methyl sites for hydroxylation is 1. The van der Waals surface area contributed by atoms with Gasteiger partial charge in [0.1, 0.15) is 5.82 Å². The summed E-state index contributed by atoms with van der Waals surface area (Å²) in [5.74, 6) is 1.95. The SMILES string of the molecule is CCC[C@H](C)Oc1nc(N)c2ncc(Cc3cnc(N4CCN(C(=O)CNCC(C)C)CC4)c(C)c3)n2n1. The maximum absolute atomic E-state index is 12.5. The second-order valence-corrected chi connectivity index (χ2v) is 10.5.